The van der Waals surface area contributed by atoms with Gasteiger partial charge in [0.2, 0.25) is 0 Å². The van der Waals surface area contributed by atoms with Crippen molar-refractivity contribution in [3.8, 4) is 11.1 Å². The monoisotopic (exact) mass is 332 g/mol. The normalized spacial score (nSPS) is 20.8. The first-order valence-electron chi connectivity index (χ1n) is 8.97. The van der Waals surface area contributed by atoms with Crippen molar-refractivity contribution in [2.24, 2.45) is 0 Å². The molecular weight excluding hydrogens is 308 g/mol. The number of hydrogen-bond acceptors (Lipinski definition) is 3. The molecule has 4 rings (SSSR count). The molecule has 25 heavy (non-hydrogen) atoms. The molecule has 2 aromatic carbocycles. The summed E-state index contributed by atoms with van der Waals surface area (Å²) < 4.78 is 5.92. The smallest absolute Gasteiger partial charge is 0.137 e. The molecule has 128 valence electrons. The second-order valence-electron chi connectivity index (χ2n) is 7.08. The molecule has 0 bridgehead atoms. The van der Waals surface area contributed by atoms with Gasteiger partial charge in [0, 0.05) is 24.0 Å². The zero-order valence-electron chi connectivity index (χ0n) is 15.1. The van der Waals surface area contributed by atoms with Gasteiger partial charge in [-0.25, -0.2) is 4.98 Å². The van der Waals surface area contributed by atoms with Crippen LogP contribution in [0, 0.1) is 6.92 Å². The summed E-state index contributed by atoms with van der Waals surface area (Å²) >= 11 is 0. The van der Waals surface area contributed by atoms with Crippen molar-refractivity contribution in [2.75, 3.05) is 18.0 Å². The summed E-state index contributed by atoms with van der Waals surface area (Å²) in [6.45, 7) is 8.13. The fourth-order valence-corrected chi connectivity index (χ4v) is 3.64. The maximum atomic E-state index is 5.92. The zero-order chi connectivity index (χ0) is 17.4. The Morgan fingerprint density at radius 1 is 0.960 bits per heavy atom. The van der Waals surface area contributed by atoms with Crippen LogP contribution in [0.3, 0.4) is 0 Å². The van der Waals surface area contributed by atoms with Gasteiger partial charge in [-0.1, -0.05) is 48.0 Å². The van der Waals surface area contributed by atoms with Crippen molar-refractivity contribution >= 4 is 16.7 Å². The highest BCUT2D eigenvalue weighted by molar-refractivity contribution is 5.89. The minimum atomic E-state index is 0.211. The quantitative estimate of drug-likeness (QED) is 0.672. The fraction of sp³-hybridized carbons (Fsp3) is 0.318. The molecule has 2 heterocycles. The Balaban J connectivity index is 1.88. The number of benzene rings is 2. The SMILES string of the molecule is Cc1ccc(-c2cc3ccccc3nc2N2CC(C)OC(C)C2)cc1. The Hall–Kier alpha value is -2.39. The minimum Gasteiger partial charge on any atom is -0.372 e. The van der Waals surface area contributed by atoms with Crippen LogP contribution in [0.5, 0.6) is 0 Å². The lowest BCUT2D eigenvalue weighted by molar-refractivity contribution is -0.00540. The third kappa shape index (κ3) is 3.24. The van der Waals surface area contributed by atoms with Gasteiger partial charge in [0.1, 0.15) is 5.82 Å². The second kappa shape index (κ2) is 6.49. The molecule has 3 aromatic rings. The maximum absolute atomic E-state index is 5.92. The van der Waals surface area contributed by atoms with Crippen molar-refractivity contribution in [2.45, 2.75) is 33.0 Å². The Labute approximate surface area is 149 Å². The Morgan fingerprint density at radius 2 is 1.64 bits per heavy atom. The highest BCUT2D eigenvalue weighted by Crippen LogP contribution is 2.34. The van der Waals surface area contributed by atoms with E-state index in [0.717, 1.165) is 24.4 Å². The summed E-state index contributed by atoms with van der Waals surface area (Å²) in [7, 11) is 0. The van der Waals surface area contributed by atoms with E-state index in [1.807, 2.05) is 0 Å². The standard InChI is InChI=1S/C22H24N2O/c1-15-8-10-18(11-9-15)20-12-19-6-4-5-7-21(19)23-22(20)24-13-16(2)25-17(3)14-24/h4-12,16-17H,13-14H2,1-3H3. The predicted molar refractivity (Wildman–Crippen MR) is 104 cm³/mol. The van der Waals surface area contributed by atoms with E-state index in [2.05, 4.69) is 80.3 Å². The zero-order valence-corrected chi connectivity index (χ0v) is 15.1. The van der Waals surface area contributed by atoms with Crippen LogP contribution < -0.4 is 4.90 Å². The summed E-state index contributed by atoms with van der Waals surface area (Å²) in [5, 5.41) is 1.18. The van der Waals surface area contributed by atoms with Crippen LogP contribution in [0.25, 0.3) is 22.0 Å². The van der Waals surface area contributed by atoms with Gasteiger partial charge in [0.05, 0.1) is 17.7 Å². The number of para-hydroxylation sites is 1. The van der Waals surface area contributed by atoms with Gasteiger partial charge in [-0.2, -0.15) is 0 Å². The van der Waals surface area contributed by atoms with Crippen molar-refractivity contribution in [3.05, 3.63) is 60.2 Å². The molecule has 2 unspecified atom stereocenters. The molecule has 0 radical (unpaired) electrons. The van der Waals surface area contributed by atoms with E-state index in [4.69, 9.17) is 9.72 Å². The number of pyridine rings is 1. The number of hydrogen-bond donors (Lipinski definition) is 0. The minimum absolute atomic E-state index is 0.211. The molecule has 3 nitrogen and oxygen atoms in total. The van der Waals surface area contributed by atoms with Crippen LogP contribution in [-0.4, -0.2) is 30.3 Å². The number of aromatic nitrogens is 1. The Bertz CT molecular complexity index is 878. The van der Waals surface area contributed by atoms with Crippen molar-refractivity contribution in [1.82, 2.24) is 4.98 Å². The third-order valence-corrected chi connectivity index (χ3v) is 4.79. The summed E-state index contributed by atoms with van der Waals surface area (Å²) in [6.07, 6.45) is 0.422. The van der Waals surface area contributed by atoms with Crippen LogP contribution >= 0.6 is 0 Å². The second-order valence-corrected chi connectivity index (χ2v) is 7.08. The highest BCUT2D eigenvalue weighted by atomic mass is 16.5. The number of aryl methyl sites for hydroxylation is 1. The first-order chi connectivity index (χ1) is 12.1. The molecule has 0 saturated carbocycles. The average Bonchev–Trinajstić information content (AvgIpc) is 2.60. The Morgan fingerprint density at radius 3 is 2.36 bits per heavy atom. The molecule has 1 saturated heterocycles. The first-order valence-corrected chi connectivity index (χ1v) is 8.97. The Kier molecular flexibility index (Phi) is 4.18. The highest BCUT2D eigenvalue weighted by Gasteiger charge is 2.25. The van der Waals surface area contributed by atoms with E-state index in [1.165, 1.54) is 22.1 Å². The molecule has 3 heteroatoms. The first kappa shape index (κ1) is 16.1. The third-order valence-electron chi connectivity index (χ3n) is 4.79. The lowest BCUT2D eigenvalue weighted by atomic mass is 10.0. The summed E-state index contributed by atoms with van der Waals surface area (Å²) in [5.41, 5.74) is 4.72. The number of ether oxygens (including phenoxy) is 1. The molecule has 1 fully saturated rings. The van der Waals surface area contributed by atoms with Crippen LogP contribution in [0.2, 0.25) is 0 Å². The number of morpholine rings is 1. The molecule has 0 amide bonds. The largest absolute Gasteiger partial charge is 0.372 e. The number of anilines is 1. The number of fused-ring (bicyclic) bond motifs is 1. The van der Waals surface area contributed by atoms with Crippen LogP contribution in [0.4, 0.5) is 5.82 Å². The van der Waals surface area contributed by atoms with Gasteiger partial charge in [0.15, 0.2) is 0 Å². The summed E-state index contributed by atoms with van der Waals surface area (Å²) in [4.78, 5) is 7.41. The van der Waals surface area contributed by atoms with Crippen LogP contribution in [0.15, 0.2) is 54.6 Å². The molecule has 0 N–H and O–H groups in total. The summed E-state index contributed by atoms with van der Waals surface area (Å²) in [6, 6.07) is 19.3. The van der Waals surface area contributed by atoms with E-state index in [0.29, 0.717) is 0 Å². The van der Waals surface area contributed by atoms with Gasteiger partial charge in [-0.3, -0.25) is 0 Å². The molecule has 2 atom stereocenters. The molecule has 1 aliphatic heterocycles. The van der Waals surface area contributed by atoms with Gasteiger partial charge in [-0.15, -0.1) is 0 Å². The maximum Gasteiger partial charge on any atom is 0.137 e. The summed E-state index contributed by atoms with van der Waals surface area (Å²) in [5.74, 6) is 1.06. The topological polar surface area (TPSA) is 25.4 Å². The number of rotatable bonds is 2. The van der Waals surface area contributed by atoms with Gasteiger partial charge in [-0.05, 0) is 38.5 Å². The van der Waals surface area contributed by atoms with Crippen molar-refractivity contribution < 1.29 is 4.74 Å². The molecule has 0 spiro atoms. The lowest BCUT2D eigenvalue weighted by Crippen LogP contribution is -2.46. The molecule has 0 aliphatic carbocycles. The van der Waals surface area contributed by atoms with Crippen LogP contribution in [0.1, 0.15) is 19.4 Å². The molecular formula is C22H24N2O. The van der Waals surface area contributed by atoms with E-state index in [9.17, 15) is 0 Å². The van der Waals surface area contributed by atoms with E-state index in [1.54, 1.807) is 0 Å². The molecule has 1 aliphatic rings. The van der Waals surface area contributed by atoms with Gasteiger partial charge < -0.3 is 9.64 Å². The lowest BCUT2D eigenvalue weighted by Gasteiger charge is -2.37. The van der Waals surface area contributed by atoms with E-state index < -0.39 is 0 Å². The number of nitrogens with zero attached hydrogens (tertiary/aromatic N) is 2. The average molecular weight is 332 g/mol. The predicted octanol–water partition coefficient (Wildman–Crippen LogP) is 4.82. The van der Waals surface area contributed by atoms with Crippen molar-refractivity contribution in [1.29, 1.82) is 0 Å². The van der Waals surface area contributed by atoms with Gasteiger partial charge >= 0.3 is 0 Å². The van der Waals surface area contributed by atoms with E-state index >= 15 is 0 Å². The van der Waals surface area contributed by atoms with Crippen molar-refractivity contribution in [3.63, 3.8) is 0 Å². The van der Waals surface area contributed by atoms with Gasteiger partial charge in [0.25, 0.3) is 0 Å². The van der Waals surface area contributed by atoms with Crippen LogP contribution in [-0.2, 0) is 4.74 Å². The van der Waals surface area contributed by atoms with E-state index in [-0.39, 0.29) is 12.2 Å². The molecule has 1 aromatic heterocycles. The fourth-order valence-electron chi connectivity index (χ4n) is 3.64.